The maximum atomic E-state index is 5.70. The summed E-state index contributed by atoms with van der Waals surface area (Å²) in [6.07, 6.45) is 4.05. The Morgan fingerprint density at radius 1 is 1.53 bits per heavy atom. The zero-order valence-corrected chi connectivity index (χ0v) is 9.95. The molecule has 0 spiro atoms. The van der Waals surface area contributed by atoms with Crippen molar-refractivity contribution in [2.45, 2.75) is 31.4 Å². The first-order valence-electron chi connectivity index (χ1n) is 5.78. The van der Waals surface area contributed by atoms with Crippen LogP contribution in [0.5, 0.6) is 0 Å². The molecule has 90 valence electrons. The fraction of sp³-hybridized carbons (Fsp3) is 1.00. The topological polar surface area (TPSA) is 47.7 Å². The lowest BCUT2D eigenvalue weighted by atomic mass is 10.1. The standard InChI is InChI=1S/C11H24N2O2/c1-13(10(7-12)9-14-2)8-11-5-3-4-6-15-11/h10-11H,3-9,12H2,1-2H3. The average molecular weight is 216 g/mol. The summed E-state index contributed by atoms with van der Waals surface area (Å²) in [5.41, 5.74) is 5.70. The van der Waals surface area contributed by atoms with E-state index < -0.39 is 0 Å². The fourth-order valence-electron chi connectivity index (χ4n) is 1.99. The third kappa shape index (κ3) is 4.47. The van der Waals surface area contributed by atoms with Crippen LogP contribution >= 0.6 is 0 Å². The fourth-order valence-corrected chi connectivity index (χ4v) is 1.99. The summed E-state index contributed by atoms with van der Waals surface area (Å²) in [6.45, 7) is 3.21. The molecule has 1 rings (SSSR count). The average Bonchev–Trinajstić information content (AvgIpc) is 2.27. The van der Waals surface area contributed by atoms with Crippen LogP contribution in [0.25, 0.3) is 0 Å². The van der Waals surface area contributed by atoms with E-state index >= 15 is 0 Å². The zero-order valence-electron chi connectivity index (χ0n) is 9.95. The highest BCUT2D eigenvalue weighted by Crippen LogP contribution is 2.14. The largest absolute Gasteiger partial charge is 0.383 e. The quantitative estimate of drug-likeness (QED) is 0.701. The molecule has 0 radical (unpaired) electrons. The van der Waals surface area contributed by atoms with Crippen molar-refractivity contribution in [1.82, 2.24) is 4.90 Å². The minimum Gasteiger partial charge on any atom is -0.383 e. The maximum absolute atomic E-state index is 5.70. The van der Waals surface area contributed by atoms with E-state index in [1.807, 2.05) is 0 Å². The second-order valence-electron chi connectivity index (χ2n) is 4.27. The van der Waals surface area contributed by atoms with Gasteiger partial charge in [0.25, 0.3) is 0 Å². The Labute approximate surface area is 92.7 Å². The third-order valence-electron chi connectivity index (χ3n) is 3.02. The van der Waals surface area contributed by atoms with Gasteiger partial charge in [0.15, 0.2) is 0 Å². The van der Waals surface area contributed by atoms with E-state index in [0.717, 1.165) is 13.2 Å². The van der Waals surface area contributed by atoms with Crippen molar-refractivity contribution in [1.29, 1.82) is 0 Å². The number of likely N-dealkylation sites (N-methyl/N-ethyl adjacent to an activating group) is 1. The van der Waals surface area contributed by atoms with Crippen molar-refractivity contribution in [3.8, 4) is 0 Å². The predicted molar refractivity (Wildman–Crippen MR) is 60.9 cm³/mol. The summed E-state index contributed by atoms with van der Waals surface area (Å²) in [5, 5.41) is 0. The van der Waals surface area contributed by atoms with Gasteiger partial charge in [0.1, 0.15) is 0 Å². The van der Waals surface area contributed by atoms with E-state index in [4.69, 9.17) is 15.2 Å². The lowest BCUT2D eigenvalue weighted by molar-refractivity contribution is -0.0138. The van der Waals surface area contributed by atoms with Crippen LogP contribution in [-0.4, -0.2) is 57.5 Å². The van der Waals surface area contributed by atoms with Crippen LogP contribution in [0.15, 0.2) is 0 Å². The predicted octanol–water partition coefficient (Wildman–Crippen LogP) is 0.461. The molecule has 0 amide bonds. The Kier molecular flexibility index (Phi) is 6.17. The molecule has 0 saturated carbocycles. The third-order valence-corrected chi connectivity index (χ3v) is 3.02. The van der Waals surface area contributed by atoms with E-state index in [1.165, 1.54) is 19.3 Å². The van der Waals surface area contributed by atoms with Crippen LogP contribution in [0.3, 0.4) is 0 Å². The summed E-state index contributed by atoms with van der Waals surface area (Å²) in [4.78, 5) is 2.25. The molecule has 0 aromatic heterocycles. The molecular weight excluding hydrogens is 192 g/mol. The normalized spacial score (nSPS) is 24.4. The summed E-state index contributed by atoms with van der Waals surface area (Å²) in [5.74, 6) is 0. The van der Waals surface area contributed by atoms with Gasteiger partial charge in [-0.15, -0.1) is 0 Å². The molecular formula is C11H24N2O2. The van der Waals surface area contributed by atoms with E-state index in [9.17, 15) is 0 Å². The number of nitrogens with zero attached hydrogens (tertiary/aromatic N) is 1. The highest BCUT2D eigenvalue weighted by molar-refractivity contribution is 4.74. The molecule has 1 saturated heterocycles. The van der Waals surface area contributed by atoms with Gasteiger partial charge in [-0.05, 0) is 26.3 Å². The van der Waals surface area contributed by atoms with Gasteiger partial charge in [-0.25, -0.2) is 0 Å². The smallest absolute Gasteiger partial charge is 0.0702 e. The SMILES string of the molecule is COCC(CN)N(C)CC1CCCCO1. The van der Waals surface area contributed by atoms with Crippen LogP contribution < -0.4 is 5.73 Å². The van der Waals surface area contributed by atoms with Gasteiger partial charge in [0.05, 0.1) is 12.7 Å². The van der Waals surface area contributed by atoms with Crippen molar-refractivity contribution in [2.75, 3.05) is 40.5 Å². The van der Waals surface area contributed by atoms with Crippen LogP contribution in [0, 0.1) is 0 Å². The summed E-state index contributed by atoms with van der Waals surface area (Å²) >= 11 is 0. The van der Waals surface area contributed by atoms with Crippen molar-refractivity contribution in [3.63, 3.8) is 0 Å². The highest BCUT2D eigenvalue weighted by Gasteiger charge is 2.20. The molecule has 0 aromatic rings. The number of ether oxygens (including phenoxy) is 2. The Balaban J connectivity index is 2.27. The lowest BCUT2D eigenvalue weighted by Crippen LogP contribution is -2.45. The molecule has 1 aliphatic heterocycles. The van der Waals surface area contributed by atoms with Crippen molar-refractivity contribution in [2.24, 2.45) is 5.73 Å². The van der Waals surface area contributed by atoms with E-state index in [-0.39, 0.29) is 0 Å². The Morgan fingerprint density at radius 2 is 2.33 bits per heavy atom. The molecule has 1 fully saturated rings. The maximum Gasteiger partial charge on any atom is 0.0702 e. The van der Waals surface area contributed by atoms with Gasteiger partial charge in [-0.1, -0.05) is 0 Å². The van der Waals surface area contributed by atoms with Gasteiger partial charge in [0, 0.05) is 32.8 Å². The minimum absolute atomic E-state index is 0.306. The van der Waals surface area contributed by atoms with Crippen molar-refractivity contribution >= 4 is 0 Å². The number of rotatable bonds is 6. The highest BCUT2D eigenvalue weighted by atomic mass is 16.5. The molecule has 4 nitrogen and oxygen atoms in total. The second-order valence-corrected chi connectivity index (χ2v) is 4.27. The molecule has 4 heteroatoms. The van der Waals surface area contributed by atoms with E-state index in [2.05, 4.69) is 11.9 Å². The van der Waals surface area contributed by atoms with Crippen LogP contribution in [0.2, 0.25) is 0 Å². The molecule has 2 N–H and O–H groups in total. The zero-order chi connectivity index (χ0) is 11.1. The first kappa shape index (κ1) is 12.9. The molecule has 2 atom stereocenters. The number of hydrogen-bond donors (Lipinski definition) is 1. The molecule has 2 unspecified atom stereocenters. The minimum atomic E-state index is 0.306. The molecule has 0 aromatic carbocycles. The van der Waals surface area contributed by atoms with Crippen molar-refractivity contribution in [3.05, 3.63) is 0 Å². The van der Waals surface area contributed by atoms with Crippen molar-refractivity contribution < 1.29 is 9.47 Å². The summed E-state index contributed by atoms with van der Waals surface area (Å²) < 4.78 is 10.8. The summed E-state index contributed by atoms with van der Waals surface area (Å²) in [7, 11) is 3.81. The molecule has 15 heavy (non-hydrogen) atoms. The molecule has 1 heterocycles. The van der Waals surface area contributed by atoms with Gasteiger partial charge in [0.2, 0.25) is 0 Å². The summed E-state index contributed by atoms with van der Waals surface area (Å²) in [6, 6.07) is 0.306. The molecule has 0 bridgehead atoms. The number of nitrogens with two attached hydrogens (primary N) is 1. The first-order chi connectivity index (χ1) is 7.27. The first-order valence-corrected chi connectivity index (χ1v) is 5.78. The Bertz CT molecular complexity index is 161. The molecule has 0 aliphatic carbocycles. The second kappa shape index (κ2) is 7.17. The monoisotopic (exact) mass is 216 g/mol. The van der Waals surface area contributed by atoms with Gasteiger partial charge >= 0.3 is 0 Å². The van der Waals surface area contributed by atoms with Gasteiger partial charge in [-0.2, -0.15) is 0 Å². The van der Waals surface area contributed by atoms with Gasteiger partial charge in [-0.3, -0.25) is 4.90 Å². The van der Waals surface area contributed by atoms with Crippen LogP contribution in [0.4, 0.5) is 0 Å². The number of hydrogen-bond acceptors (Lipinski definition) is 4. The van der Waals surface area contributed by atoms with E-state index in [0.29, 0.717) is 25.3 Å². The van der Waals surface area contributed by atoms with Crippen LogP contribution in [0.1, 0.15) is 19.3 Å². The van der Waals surface area contributed by atoms with Gasteiger partial charge < -0.3 is 15.2 Å². The Morgan fingerprint density at radius 3 is 2.87 bits per heavy atom. The van der Waals surface area contributed by atoms with Crippen LogP contribution in [-0.2, 0) is 9.47 Å². The molecule has 1 aliphatic rings. The Hall–Kier alpha value is -0.160. The number of methoxy groups -OCH3 is 1. The van der Waals surface area contributed by atoms with E-state index in [1.54, 1.807) is 7.11 Å². The lowest BCUT2D eigenvalue weighted by Gasteiger charge is -2.31.